The normalized spacial score (nSPS) is 19.1. The van der Waals surface area contributed by atoms with Gasteiger partial charge in [0.1, 0.15) is 0 Å². The second-order valence-electron chi connectivity index (χ2n) is 2.65. The van der Waals surface area contributed by atoms with Crippen LogP contribution in [-0.2, 0) is 4.79 Å². The topological polar surface area (TPSA) is 32.3 Å². The number of carbonyl (C=O) groups excluding carboxylic acids is 1. The predicted molar refractivity (Wildman–Crippen MR) is 43.7 cm³/mol. The molecule has 0 aliphatic carbocycles. The minimum atomic E-state index is 0.0583. The second kappa shape index (κ2) is 2.78. The van der Waals surface area contributed by atoms with E-state index in [0.717, 1.165) is 11.3 Å². The van der Waals surface area contributed by atoms with Crippen LogP contribution in [-0.4, -0.2) is 24.4 Å². The molecular weight excluding hydrogens is 140 g/mol. The smallest absolute Gasteiger partial charge is 0.245 e. The summed E-state index contributed by atoms with van der Waals surface area (Å²) in [6, 6.07) is 0. The van der Waals surface area contributed by atoms with Crippen LogP contribution in [0.1, 0.15) is 6.92 Å². The molecule has 1 heterocycles. The number of carbonyl (C=O) groups is 1. The quantitative estimate of drug-likeness (QED) is 0.547. The summed E-state index contributed by atoms with van der Waals surface area (Å²) in [7, 11) is 1.74. The van der Waals surface area contributed by atoms with Gasteiger partial charge in [0.2, 0.25) is 5.91 Å². The lowest BCUT2D eigenvalue weighted by atomic mass is 10.2. The first kappa shape index (κ1) is 7.85. The van der Waals surface area contributed by atoms with Crippen LogP contribution in [0.2, 0.25) is 0 Å². The van der Waals surface area contributed by atoms with Crippen LogP contribution in [0, 0.1) is 0 Å². The molecule has 1 aliphatic heterocycles. The SMILES string of the molecule is C=C1NCC(=O)N(C)C=C1C. The largest absolute Gasteiger partial charge is 0.376 e. The van der Waals surface area contributed by atoms with Gasteiger partial charge in [0.25, 0.3) is 0 Å². The number of nitrogens with one attached hydrogen (secondary N) is 1. The molecule has 1 aliphatic rings. The zero-order chi connectivity index (χ0) is 8.43. The third-order valence-corrected chi connectivity index (χ3v) is 1.71. The zero-order valence-corrected chi connectivity index (χ0v) is 6.85. The molecule has 0 saturated heterocycles. The van der Waals surface area contributed by atoms with Gasteiger partial charge in [-0.3, -0.25) is 4.79 Å². The number of nitrogens with zero attached hydrogens (tertiary/aromatic N) is 1. The van der Waals surface area contributed by atoms with Crippen molar-refractivity contribution >= 4 is 5.91 Å². The van der Waals surface area contributed by atoms with Crippen LogP contribution in [0.3, 0.4) is 0 Å². The van der Waals surface area contributed by atoms with E-state index in [9.17, 15) is 4.79 Å². The van der Waals surface area contributed by atoms with E-state index in [1.165, 1.54) is 0 Å². The number of amides is 1. The number of hydrogen-bond acceptors (Lipinski definition) is 2. The first-order valence-corrected chi connectivity index (χ1v) is 3.48. The lowest BCUT2D eigenvalue weighted by Crippen LogP contribution is -2.28. The number of likely N-dealkylation sites (N-methyl/N-ethyl adjacent to an activating group) is 1. The Morgan fingerprint density at radius 1 is 1.73 bits per heavy atom. The van der Waals surface area contributed by atoms with Crippen molar-refractivity contribution < 1.29 is 4.79 Å². The maximum Gasteiger partial charge on any atom is 0.245 e. The minimum absolute atomic E-state index is 0.0583. The standard InChI is InChI=1S/C8H12N2O/c1-6-5-10(3)8(11)4-9-7(6)2/h5,9H,2,4H2,1,3H3. The summed E-state index contributed by atoms with van der Waals surface area (Å²) >= 11 is 0. The summed E-state index contributed by atoms with van der Waals surface area (Å²) in [5, 5.41) is 2.92. The van der Waals surface area contributed by atoms with Gasteiger partial charge in [0.15, 0.2) is 0 Å². The molecule has 0 radical (unpaired) electrons. The average Bonchev–Trinajstić information content (AvgIpc) is 2.05. The molecule has 0 spiro atoms. The van der Waals surface area contributed by atoms with Crippen molar-refractivity contribution in [2.75, 3.05) is 13.6 Å². The van der Waals surface area contributed by atoms with Crippen molar-refractivity contribution in [3.8, 4) is 0 Å². The molecule has 3 nitrogen and oxygen atoms in total. The molecule has 0 aromatic heterocycles. The molecule has 1 N–H and O–H groups in total. The van der Waals surface area contributed by atoms with Gasteiger partial charge in [0.05, 0.1) is 6.54 Å². The average molecular weight is 152 g/mol. The molecule has 1 amide bonds. The molecule has 11 heavy (non-hydrogen) atoms. The molecule has 1 rings (SSSR count). The summed E-state index contributed by atoms with van der Waals surface area (Å²) in [6.07, 6.45) is 1.78. The Balaban J connectivity index is 2.86. The summed E-state index contributed by atoms with van der Waals surface area (Å²) in [6.45, 7) is 6.02. The molecule has 60 valence electrons. The van der Waals surface area contributed by atoms with Crippen LogP contribution >= 0.6 is 0 Å². The van der Waals surface area contributed by atoms with Gasteiger partial charge < -0.3 is 10.2 Å². The second-order valence-corrected chi connectivity index (χ2v) is 2.65. The minimum Gasteiger partial charge on any atom is -0.376 e. The van der Waals surface area contributed by atoms with Crippen LogP contribution in [0.25, 0.3) is 0 Å². The van der Waals surface area contributed by atoms with Crippen molar-refractivity contribution in [1.82, 2.24) is 10.2 Å². The van der Waals surface area contributed by atoms with Crippen LogP contribution in [0.15, 0.2) is 24.0 Å². The maximum atomic E-state index is 11.1. The van der Waals surface area contributed by atoms with Crippen molar-refractivity contribution in [2.24, 2.45) is 0 Å². The van der Waals surface area contributed by atoms with Crippen molar-refractivity contribution in [1.29, 1.82) is 0 Å². The van der Waals surface area contributed by atoms with Gasteiger partial charge in [-0.25, -0.2) is 0 Å². The summed E-state index contributed by atoms with van der Waals surface area (Å²) in [4.78, 5) is 12.7. The monoisotopic (exact) mass is 152 g/mol. The van der Waals surface area contributed by atoms with Gasteiger partial charge in [-0.05, 0) is 12.5 Å². The molecule has 0 aromatic carbocycles. The predicted octanol–water partition coefficient (Wildman–Crippen LogP) is 0.465. The third-order valence-electron chi connectivity index (χ3n) is 1.71. The van der Waals surface area contributed by atoms with Crippen molar-refractivity contribution in [3.05, 3.63) is 24.0 Å². The van der Waals surface area contributed by atoms with E-state index in [0.29, 0.717) is 6.54 Å². The Morgan fingerprint density at radius 2 is 2.36 bits per heavy atom. The third kappa shape index (κ3) is 1.61. The molecule has 3 heteroatoms. The first-order chi connectivity index (χ1) is 5.11. The molecular formula is C8H12N2O. The van der Waals surface area contributed by atoms with Crippen LogP contribution < -0.4 is 5.32 Å². The molecule has 0 unspecified atom stereocenters. The van der Waals surface area contributed by atoms with Crippen molar-refractivity contribution in [2.45, 2.75) is 6.92 Å². The highest BCUT2D eigenvalue weighted by molar-refractivity contribution is 5.80. The summed E-state index contributed by atoms with van der Waals surface area (Å²) in [5.74, 6) is 0.0583. The summed E-state index contributed by atoms with van der Waals surface area (Å²) in [5.41, 5.74) is 1.82. The Labute approximate surface area is 66.4 Å². The van der Waals surface area contributed by atoms with E-state index in [4.69, 9.17) is 0 Å². The molecule has 0 aromatic rings. The van der Waals surface area contributed by atoms with Gasteiger partial charge in [0, 0.05) is 18.9 Å². The van der Waals surface area contributed by atoms with E-state index in [-0.39, 0.29) is 5.91 Å². The van der Waals surface area contributed by atoms with E-state index in [1.54, 1.807) is 18.1 Å². The number of allylic oxidation sites excluding steroid dienone is 1. The lowest BCUT2D eigenvalue weighted by Gasteiger charge is -2.07. The van der Waals surface area contributed by atoms with E-state index >= 15 is 0 Å². The molecule has 0 bridgehead atoms. The highest BCUT2D eigenvalue weighted by Gasteiger charge is 2.11. The Hall–Kier alpha value is -1.25. The number of rotatable bonds is 0. The fourth-order valence-electron chi connectivity index (χ4n) is 0.887. The van der Waals surface area contributed by atoms with Gasteiger partial charge >= 0.3 is 0 Å². The Kier molecular flexibility index (Phi) is 1.98. The highest BCUT2D eigenvalue weighted by Crippen LogP contribution is 2.07. The van der Waals surface area contributed by atoms with Crippen LogP contribution in [0.4, 0.5) is 0 Å². The van der Waals surface area contributed by atoms with E-state index < -0.39 is 0 Å². The van der Waals surface area contributed by atoms with E-state index in [2.05, 4.69) is 11.9 Å². The fourth-order valence-corrected chi connectivity index (χ4v) is 0.887. The fraction of sp³-hybridized carbons (Fsp3) is 0.375. The van der Waals surface area contributed by atoms with Gasteiger partial charge in [-0.2, -0.15) is 0 Å². The molecule has 0 atom stereocenters. The summed E-state index contributed by atoms with van der Waals surface area (Å²) < 4.78 is 0. The highest BCUT2D eigenvalue weighted by atomic mass is 16.2. The van der Waals surface area contributed by atoms with Gasteiger partial charge in [-0.15, -0.1) is 0 Å². The lowest BCUT2D eigenvalue weighted by molar-refractivity contribution is -0.126. The zero-order valence-electron chi connectivity index (χ0n) is 6.85. The molecule has 0 saturated carbocycles. The van der Waals surface area contributed by atoms with Gasteiger partial charge in [-0.1, -0.05) is 6.58 Å². The number of hydrogen-bond donors (Lipinski definition) is 1. The Bertz CT molecular complexity index is 230. The maximum absolute atomic E-state index is 11.1. The van der Waals surface area contributed by atoms with E-state index in [1.807, 2.05) is 6.92 Å². The van der Waals surface area contributed by atoms with Crippen LogP contribution in [0.5, 0.6) is 0 Å². The van der Waals surface area contributed by atoms with Crippen molar-refractivity contribution in [3.63, 3.8) is 0 Å². The molecule has 0 fully saturated rings. The Morgan fingerprint density at radius 3 is 3.00 bits per heavy atom. The first-order valence-electron chi connectivity index (χ1n) is 3.48.